The number of nitrogens with two attached hydrogens (primary N) is 1. The molecule has 1 fully saturated rings. The SMILES string of the molecule is Cl.NCC1(Cc2ccccc2Cl)CCOCC1. The van der Waals surface area contributed by atoms with E-state index < -0.39 is 0 Å². The largest absolute Gasteiger partial charge is 0.381 e. The van der Waals surface area contributed by atoms with Crippen molar-refractivity contribution in [2.75, 3.05) is 19.8 Å². The Morgan fingerprint density at radius 1 is 1.24 bits per heavy atom. The molecule has 4 heteroatoms. The van der Waals surface area contributed by atoms with Gasteiger partial charge in [-0.05, 0) is 42.9 Å². The third-order valence-corrected chi connectivity index (χ3v) is 3.88. The van der Waals surface area contributed by atoms with Gasteiger partial charge in [0.15, 0.2) is 0 Å². The summed E-state index contributed by atoms with van der Waals surface area (Å²) < 4.78 is 5.41. The van der Waals surface area contributed by atoms with Crippen LogP contribution in [0.15, 0.2) is 24.3 Å². The molecule has 17 heavy (non-hydrogen) atoms. The van der Waals surface area contributed by atoms with Crippen LogP contribution in [0.2, 0.25) is 5.02 Å². The molecule has 1 saturated heterocycles. The zero-order valence-electron chi connectivity index (χ0n) is 9.82. The first kappa shape index (κ1) is 14.8. The van der Waals surface area contributed by atoms with E-state index >= 15 is 0 Å². The van der Waals surface area contributed by atoms with Crippen LogP contribution in [0.4, 0.5) is 0 Å². The normalized spacial score (nSPS) is 18.5. The van der Waals surface area contributed by atoms with Crippen molar-refractivity contribution in [1.29, 1.82) is 0 Å². The highest BCUT2D eigenvalue weighted by Crippen LogP contribution is 2.34. The minimum atomic E-state index is 0. The Balaban J connectivity index is 0.00000144. The monoisotopic (exact) mass is 275 g/mol. The van der Waals surface area contributed by atoms with Gasteiger partial charge in [-0.15, -0.1) is 12.4 Å². The van der Waals surface area contributed by atoms with Crippen LogP contribution in [0.1, 0.15) is 18.4 Å². The molecular weight excluding hydrogens is 257 g/mol. The first-order chi connectivity index (χ1) is 7.76. The molecule has 0 aliphatic carbocycles. The number of hydrogen-bond donors (Lipinski definition) is 1. The van der Waals surface area contributed by atoms with Gasteiger partial charge in [-0.25, -0.2) is 0 Å². The average molecular weight is 276 g/mol. The van der Waals surface area contributed by atoms with Gasteiger partial charge in [0.25, 0.3) is 0 Å². The van der Waals surface area contributed by atoms with Crippen molar-refractivity contribution in [3.63, 3.8) is 0 Å². The molecule has 0 unspecified atom stereocenters. The Morgan fingerprint density at radius 3 is 2.47 bits per heavy atom. The van der Waals surface area contributed by atoms with E-state index in [-0.39, 0.29) is 17.8 Å². The van der Waals surface area contributed by atoms with E-state index in [0.29, 0.717) is 6.54 Å². The van der Waals surface area contributed by atoms with Crippen LogP contribution in [0.5, 0.6) is 0 Å². The van der Waals surface area contributed by atoms with E-state index in [9.17, 15) is 0 Å². The molecule has 1 aliphatic rings. The zero-order valence-corrected chi connectivity index (χ0v) is 11.4. The van der Waals surface area contributed by atoms with Crippen LogP contribution >= 0.6 is 24.0 Å². The van der Waals surface area contributed by atoms with Crippen LogP contribution in [0.3, 0.4) is 0 Å². The molecule has 0 radical (unpaired) electrons. The Labute approximate surface area is 114 Å². The van der Waals surface area contributed by atoms with Crippen LogP contribution in [0, 0.1) is 5.41 Å². The molecule has 1 aromatic carbocycles. The van der Waals surface area contributed by atoms with Gasteiger partial charge in [-0.1, -0.05) is 29.8 Å². The fourth-order valence-electron chi connectivity index (χ4n) is 2.30. The molecule has 0 saturated carbocycles. The summed E-state index contributed by atoms with van der Waals surface area (Å²) >= 11 is 6.19. The molecule has 96 valence electrons. The molecule has 0 bridgehead atoms. The quantitative estimate of drug-likeness (QED) is 0.920. The summed E-state index contributed by atoms with van der Waals surface area (Å²) in [6.45, 7) is 2.35. The molecule has 0 atom stereocenters. The Morgan fingerprint density at radius 2 is 1.88 bits per heavy atom. The predicted octanol–water partition coefficient (Wildman–Crippen LogP) is 3.06. The van der Waals surface area contributed by atoms with Gasteiger partial charge in [0.2, 0.25) is 0 Å². The second-order valence-corrected chi connectivity index (χ2v) is 4.99. The van der Waals surface area contributed by atoms with E-state index in [1.165, 1.54) is 5.56 Å². The van der Waals surface area contributed by atoms with Gasteiger partial charge in [-0.3, -0.25) is 0 Å². The van der Waals surface area contributed by atoms with Crippen molar-refractivity contribution < 1.29 is 4.74 Å². The van der Waals surface area contributed by atoms with Crippen molar-refractivity contribution >= 4 is 24.0 Å². The highest BCUT2D eigenvalue weighted by Gasteiger charge is 2.31. The number of ether oxygens (including phenoxy) is 1. The van der Waals surface area contributed by atoms with Crippen molar-refractivity contribution in [3.8, 4) is 0 Å². The zero-order chi connectivity index (χ0) is 11.4. The fraction of sp³-hybridized carbons (Fsp3) is 0.538. The molecule has 0 aromatic heterocycles. The van der Waals surface area contributed by atoms with E-state index in [1.807, 2.05) is 18.2 Å². The van der Waals surface area contributed by atoms with Gasteiger partial charge in [0.1, 0.15) is 0 Å². The van der Waals surface area contributed by atoms with Crippen LogP contribution in [0.25, 0.3) is 0 Å². The highest BCUT2D eigenvalue weighted by atomic mass is 35.5. The molecule has 2 rings (SSSR count). The molecule has 2 N–H and O–H groups in total. The summed E-state index contributed by atoms with van der Waals surface area (Å²) in [5.74, 6) is 0. The molecule has 1 aliphatic heterocycles. The minimum absolute atomic E-state index is 0. The standard InChI is InChI=1S/C13H18ClNO.ClH/c14-12-4-2-1-3-11(12)9-13(10-15)5-7-16-8-6-13;/h1-4H,5-10,15H2;1H. The van der Waals surface area contributed by atoms with Gasteiger partial charge >= 0.3 is 0 Å². The number of hydrogen-bond acceptors (Lipinski definition) is 2. The summed E-state index contributed by atoms with van der Waals surface area (Å²) in [5, 5.41) is 0.849. The first-order valence-corrected chi connectivity index (χ1v) is 6.15. The Hall–Kier alpha value is -0.280. The highest BCUT2D eigenvalue weighted by molar-refractivity contribution is 6.31. The summed E-state index contributed by atoms with van der Waals surface area (Å²) in [6, 6.07) is 8.03. The Kier molecular flexibility index (Phi) is 5.74. The minimum Gasteiger partial charge on any atom is -0.381 e. The lowest BCUT2D eigenvalue weighted by molar-refractivity contribution is 0.0191. The van der Waals surface area contributed by atoms with E-state index in [4.69, 9.17) is 22.1 Å². The lowest BCUT2D eigenvalue weighted by atomic mass is 9.75. The molecule has 0 spiro atoms. The van der Waals surface area contributed by atoms with Gasteiger partial charge in [-0.2, -0.15) is 0 Å². The third kappa shape index (κ3) is 3.59. The van der Waals surface area contributed by atoms with Crippen molar-refractivity contribution in [2.45, 2.75) is 19.3 Å². The van der Waals surface area contributed by atoms with E-state index in [0.717, 1.165) is 37.5 Å². The summed E-state index contributed by atoms with van der Waals surface area (Å²) in [4.78, 5) is 0. The van der Waals surface area contributed by atoms with Crippen molar-refractivity contribution in [1.82, 2.24) is 0 Å². The van der Waals surface area contributed by atoms with Crippen molar-refractivity contribution in [2.24, 2.45) is 11.1 Å². The number of halogens is 2. The lowest BCUT2D eigenvalue weighted by Crippen LogP contribution is -2.38. The first-order valence-electron chi connectivity index (χ1n) is 5.77. The van der Waals surface area contributed by atoms with Gasteiger partial charge < -0.3 is 10.5 Å². The topological polar surface area (TPSA) is 35.2 Å². The van der Waals surface area contributed by atoms with E-state index in [1.54, 1.807) is 0 Å². The lowest BCUT2D eigenvalue weighted by Gasteiger charge is -2.36. The number of benzene rings is 1. The number of rotatable bonds is 3. The van der Waals surface area contributed by atoms with Crippen LogP contribution in [-0.2, 0) is 11.2 Å². The molecule has 1 heterocycles. The van der Waals surface area contributed by atoms with Gasteiger partial charge in [0, 0.05) is 18.2 Å². The predicted molar refractivity (Wildman–Crippen MR) is 73.9 cm³/mol. The third-order valence-electron chi connectivity index (χ3n) is 3.51. The van der Waals surface area contributed by atoms with Crippen LogP contribution in [-0.4, -0.2) is 19.8 Å². The molecule has 2 nitrogen and oxygen atoms in total. The van der Waals surface area contributed by atoms with Gasteiger partial charge in [0.05, 0.1) is 0 Å². The van der Waals surface area contributed by atoms with Crippen LogP contribution < -0.4 is 5.73 Å². The van der Waals surface area contributed by atoms with E-state index in [2.05, 4.69) is 6.07 Å². The summed E-state index contributed by atoms with van der Waals surface area (Å²) in [7, 11) is 0. The smallest absolute Gasteiger partial charge is 0.0471 e. The average Bonchev–Trinajstić information content (AvgIpc) is 2.33. The maximum absolute atomic E-state index is 6.19. The second kappa shape index (κ2) is 6.60. The maximum atomic E-state index is 6.19. The molecule has 0 amide bonds. The van der Waals surface area contributed by atoms with Crippen molar-refractivity contribution in [3.05, 3.63) is 34.9 Å². The Bertz CT molecular complexity index is 351. The maximum Gasteiger partial charge on any atom is 0.0471 e. The summed E-state index contributed by atoms with van der Waals surface area (Å²) in [5.41, 5.74) is 7.33. The second-order valence-electron chi connectivity index (χ2n) is 4.58. The summed E-state index contributed by atoms with van der Waals surface area (Å²) in [6.07, 6.45) is 3.04. The molecular formula is C13H19Cl2NO. The fourth-order valence-corrected chi connectivity index (χ4v) is 2.51. The molecule has 1 aromatic rings.